The molecule has 1 aliphatic rings. The molecule has 1 rings (SSSR count). The number of hydrogen-bond acceptors (Lipinski definition) is 1. The van der Waals surface area contributed by atoms with Crippen molar-refractivity contribution in [3.8, 4) is 6.07 Å². The molecule has 1 nitrogen and oxygen atoms in total. The molecule has 0 unspecified atom stereocenters. The second-order valence-corrected chi connectivity index (χ2v) is 3.19. The summed E-state index contributed by atoms with van der Waals surface area (Å²) >= 11 is 0. The van der Waals surface area contributed by atoms with E-state index in [4.69, 9.17) is 5.26 Å². The largest absolute Gasteiger partial charge is 0.198 e. The third-order valence-electron chi connectivity index (χ3n) is 2.60. The van der Waals surface area contributed by atoms with E-state index in [0.29, 0.717) is 11.8 Å². The fourth-order valence-corrected chi connectivity index (χ4v) is 1.87. The highest BCUT2D eigenvalue weighted by atomic mass is 14.3. The molecular weight excluding hydrogens is 122 g/mol. The van der Waals surface area contributed by atoms with Gasteiger partial charge in [-0.3, -0.25) is 0 Å². The van der Waals surface area contributed by atoms with Crippen LogP contribution in [0, 0.1) is 23.2 Å². The summed E-state index contributed by atoms with van der Waals surface area (Å²) in [6.07, 6.45) is 6.24. The molecule has 0 aromatic carbocycles. The minimum absolute atomic E-state index is 0.374. The highest BCUT2D eigenvalue weighted by Crippen LogP contribution is 2.31. The predicted octanol–water partition coefficient (Wildman–Crippen LogP) is 2.73. The molecule has 56 valence electrons. The van der Waals surface area contributed by atoms with E-state index in [0.717, 1.165) is 6.42 Å². The van der Waals surface area contributed by atoms with Crippen molar-refractivity contribution in [3.05, 3.63) is 0 Å². The molecule has 0 spiro atoms. The first-order valence-electron chi connectivity index (χ1n) is 4.28. The van der Waals surface area contributed by atoms with Gasteiger partial charge in [0.25, 0.3) is 0 Å². The van der Waals surface area contributed by atoms with Gasteiger partial charge in [0.2, 0.25) is 0 Å². The van der Waals surface area contributed by atoms with Gasteiger partial charge in [0.05, 0.1) is 6.07 Å². The SMILES string of the molecule is CC[C@@H]1CCCC[C@H]1C#N. The molecule has 10 heavy (non-hydrogen) atoms. The van der Waals surface area contributed by atoms with Crippen LogP contribution < -0.4 is 0 Å². The summed E-state index contributed by atoms with van der Waals surface area (Å²) in [5.41, 5.74) is 0. The van der Waals surface area contributed by atoms with E-state index >= 15 is 0 Å². The Morgan fingerprint density at radius 3 is 2.60 bits per heavy atom. The molecule has 0 heterocycles. The Balaban J connectivity index is 2.44. The summed E-state index contributed by atoms with van der Waals surface area (Å²) in [5.74, 6) is 1.08. The lowest BCUT2D eigenvalue weighted by molar-refractivity contribution is 0.283. The molecular formula is C9H15N. The monoisotopic (exact) mass is 137 g/mol. The van der Waals surface area contributed by atoms with Crippen LogP contribution in [-0.2, 0) is 0 Å². The molecule has 1 fully saturated rings. The van der Waals surface area contributed by atoms with Crippen LogP contribution in [0.5, 0.6) is 0 Å². The molecule has 0 aromatic heterocycles. The lowest BCUT2D eigenvalue weighted by atomic mass is 9.79. The lowest BCUT2D eigenvalue weighted by Crippen LogP contribution is -2.16. The molecule has 0 bridgehead atoms. The highest BCUT2D eigenvalue weighted by Gasteiger charge is 2.22. The van der Waals surface area contributed by atoms with E-state index < -0.39 is 0 Å². The Morgan fingerprint density at radius 2 is 2.10 bits per heavy atom. The van der Waals surface area contributed by atoms with Crippen LogP contribution in [-0.4, -0.2) is 0 Å². The van der Waals surface area contributed by atoms with E-state index in [1.807, 2.05) is 0 Å². The van der Waals surface area contributed by atoms with Gasteiger partial charge in [-0.15, -0.1) is 0 Å². The third-order valence-corrected chi connectivity index (χ3v) is 2.60. The normalized spacial score (nSPS) is 33.2. The second kappa shape index (κ2) is 3.61. The minimum Gasteiger partial charge on any atom is -0.198 e. The average Bonchev–Trinajstić information content (AvgIpc) is 2.04. The molecule has 0 saturated heterocycles. The Hall–Kier alpha value is -0.510. The molecule has 0 aromatic rings. The quantitative estimate of drug-likeness (QED) is 0.545. The first-order chi connectivity index (χ1) is 4.88. The van der Waals surface area contributed by atoms with Gasteiger partial charge in [0.1, 0.15) is 0 Å². The van der Waals surface area contributed by atoms with Gasteiger partial charge in [-0.25, -0.2) is 0 Å². The molecule has 1 saturated carbocycles. The first kappa shape index (κ1) is 7.60. The zero-order chi connectivity index (χ0) is 7.40. The smallest absolute Gasteiger partial charge is 0.0658 e. The highest BCUT2D eigenvalue weighted by molar-refractivity contribution is 4.89. The van der Waals surface area contributed by atoms with Crippen molar-refractivity contribution >= 4 is 0 Å². The first-order valence-corrected chi connectivity index (χ1v) is 4.28. The van der Waals surface area contributed by atoms with Crippen LogP contribution in [0.2, 0.25) is 0 Å². The maximum atomic E-state index is 8.74. The number of nitriles is 1. The average molecular weight is 137 g/mol. The van der Waals surface area contributed by atoms with Gasteiger partial charge in [-0.1, -0.05) is 26.2 Å². The number of rotatable bonds is 1. The summed E-state index contributed by atoms with van der Waals surface area (Å²) < 4.78 is 0. The standard InChI is InChI=1S/C9H15N/c1-2-8-5-3-4-6-9(8)7-10/h8-9H,2-6H2,1H3/t8-,9+/m1/s1. The Bertz CT molecular complexity index is 134. The van der Waals surface area contributed by atoms with E-state index in [1.54, 1.807) is 0 Å². The van der Waals surface area contributed by atoms with Crippen LogP contribution in [0.3, 0.4) is 0 Å². The molecule has 1 aliphatic carbocycles. The van der Waals surface area contributed by atoms with Gasteiger partial charge in [0, 0.05) is 5.92 Å². The van der Waals surface area contributed by atoms with E-state index in [2.05, 4.69) is 13.0 Å². The summed E-state index contributed by atoms with van der Waals surface area (Å²) in [6, 6.07) is 2.40. The van der Waals surface area contributed by atoms with Crippen molar-refractivity contribution in [1.29, 1.82) is 5.26 Å². The zero-order valence-corrected chi connectivity index (χ0v) is 6.64. The number of hydrogen-bond donors (Lipinski definition) is 0. The van der Waals surface area contributed by atoms with Gasteiger partial charge >= 0.3 is 0 Å². The molecule has 0 amide bonds. The second-order valence-electron chi connectivity index (χ2n) is 3.19. The maximum Gasteiger partial charge on any atom is 0.0658 e. The molecule has 0 radical (unpaired) electrons. The summed E-state index contributed by atoms with van der Waals surface area (Å²) in [7, 11) is 0. The van der Waals surface area contributed by atoms with E-state index in [1.165, 1.54) is 25.7 Å². The topological polar surface area (TPSA) is 23.8 Å². The fourth-order valence-electron chi connectivity index (χ4n) is 1.87. The fraction of sp³-hybridized carbons (Fsp3) is 0.889. The maximum absolute atomic E-state index is 8.74. The van der Waals surface area contributed by atoms with Gasteiger partial charge in [-0.2, -0.15) is 5.26 Å². The van der Waals surface area contributed by atoms with Crippen LogP contribution >= 0.6 is 0 Å². The summed E-state index contributed by atoms with van der Waals surface area (Å²) in [6.45, 7) is 2.19. The molecule has 0 aliphatic heterocycles. The van der Waals surface area contributed by atoms with E-state index in [9.17, 15) is 0 Å². The van der Waals surface area contributed by atoms with Crippen LogP contribution in [0.1, 0.15) is 39.0 Å². The summed E-state index contributed by atoms with van der Waals surface area (Å²) in [4.78, 5) is 0. The van der Waals surface area contributed by atoms with Crippen molar-refractivity contribution in [1.82, 2.24) is 0 Å². The Morgan fingerprint density at radius 1 is 1.40 bits per heavy atom. The molecule has 2 atom stereocenters. The minimum atomic E-state index is 0.374. The summed E-state index contributed by atoms with van der Waals surface area (Å²) in [5, 5.41) is 8.74. The molecule has 0 N–H and O–H groups in total. The van der Waals surface area contributed by atoms with Gasteiger partial charge in [-0.05, 0) is 18.8 Å². The van der Waals surface area contributed by atoms with Crippen molar-refractivity contribution < 1.29 is 0 Å². The number of nitrogens with zero attached hydrogens (tertiary/aromatic N) is 1. The zero-order valence-electron chi connectivity index (χ0n) is 6.64. The van der Waals surface area contributed by atoms with Crippen molar-refractivity contribution in [3.63, 3.8) is 0 Å². The van der Waals surface area contributed by atoms with Gasteiger partial charge < -0.3 is 0 Å². The van der Waals surface area contributed by atoms with E-state index in [-0.39, 0.29) is 0 Å². The van der Waals surface area contributed by atoms with Gasteiger partial charge in [0.15, 0.2) is 0 Å². The van der Waals surface area contributed by atoms with Crippen LogP contribution in [0.25, 0.3) is 0 Å². The Kier molecular flexibility index (Phi) is 2.74. The Labute approximate surface area is 63.0 Å². The lowest BCUT2D eigenvalue weighted by Gasteiger charge is -2.24. The van der Waals surface area contributed by atoms with Crippen molar-refractivity contribution in [2.45, 2.75) is 39.0 Å². The van der Waals surface area contributed by atoms with Crippen molar-refractivity contribution in [2.24, 2.45) is 11.8 Å². The van der Waals surface area contributed by atoms with Crippen LogP contribution in [0.15, 0.2) is 0 Å². The van der Waals surface area contributed by atoms with Crippen molar-refractivity contribution in [2.75, 3.05) is 0 Å². The van der Waals surface area contributed by atoms with Crippen LogP contribution in [0.4, 0.5) is 0 Å². The third kappa shape index (κ3) is 1.50. The molecule has 1 heteroatoms. The predicted molar refractivity (Wildman–Crippen MR) is 41.4 cm³/mol.